The second kappa shape index (κ2) is 42.9. The Bertz CT molecular complexity index is 5250. The van der Waals surface area contributed by atoms with E-state index in [1.165, 1.54) is 96.7 Å². The second-order valence-corrected chi connectivity index (χ2v) is 29.7. The summed E-state index contributed by atoms with van der Waals surface area (Å²) in [7, 11) is 1.61. The molecule has 2 aliphatic carbocycles. The van der Waals surface area contributed by atoms with Crippen LogP contribution in [-0.2, 0) is 28.3 Å². The average Bonchev–Trinajstić information content (AvgIpc) is 1.57. The van der Waals surface area contributed by atoms with Gasteiger partial charge in [0, 0.05) is 95.3 Å². The number of aryl methyl sites for hydroxylation is 2. The number of carbonyl (C=O) groups is 5. The first kappa shape index (κ1) is 94.4. The van der Waals surface area contributed by atoms with Crippen molar-refractivity contribution in [3.63, 3.8) is 0 Å². The van der Waals surface area contributed by atoms with Crippen LogP contribution in [-0.4, -0.2) is 89.1 Å². The molecule has 12 aromatic rings. The van der Waals surface area contributed by atoms with Gasteiger partial charge in [0.05, 0.1) is 102 Å². The Morgan fingerprint density at radius 3 is 1.25 bits per heavy atom. The van der Waals surface area contributed by atoms with Crippen molar-refractivity contribution in [2.75, 3.05) is 20.3 Å². The molecule has 0 unspecified atom stereocenters. The number of hydrogen-bond donors (Lipinski definition) is 2. The second-order valence-electron chi connectivity index (χ2n) is 24.0. The number of ether oxygens (including phenoxy) is 3. The standard InChI is InChI=1S/2C23H18ClF2N3O2S.C17H17FO3S.C9H8BrFO2.C7H4BrFO2.3CH4.Na/c2*1-2-28-11-13(10-27-28)29-20(12-6-7-12)22(15-8-9-16(24)19(26)21(15)29)32-17-5-3-4-14(18(17)25)23(30)31;1-3-21-17(19)14-5-4-6-15(16(14)18)22-11-12-7-9-13(20-2)10-8-12;1-2-13-9(12)6-4-3-5-7(10)8(6)11;8-5-3-1-2-4(6(5)9)7(10)11;;;;/h2*3-5,8-12H,2,6-7H2,1H3,(H,30,31);4-10H,3,11H2,1-2H3;3-5H,2H2,1H3;1-3H,(H,10,11);3*1H4;/q;;;;;;;;+1/p-1. The number of aromatic carboxylic acids is 3. The molecule has 0 spiro atoms. The fourth-order valence-corrected chi connectivity index (χ4v) is 15.6. The topological polar surface area (TPSA) is 222 Å². The van der Waals surface area contributed by atoms with E-state index in [-0.39, 0.29) is 122 Å². The van der Waals surface area contributed by atoms with Crippen molar-refractivity contribution < 1.29 is 114 Å². The van der Waals surface area contributed by atoms with E-state index < -0.39 is 81.7 Å². The summed E-state index contributed by atoms with van der Waals surface area (Å²) in [5, 5.41) is 38.9. The molecule has 2 fully saturated rings. The summed E-state index contributed by atoms with van der Waals surface area (Å²) in [5.41, 5.74) is 3.46. The zero-order valence-corrected chi connectivity index (χ0v) is 68.9. The molecule has 4 aromatic heterocycles. The Morgan fingerprint density at radius 2 is 0.877 bits per heavy atom. The smallest absolute Gasteiger partial charge is 0.545 e. The quantitative estimate of drug-likeness (QED) is 0.0295. The number of aromatic nitrogens is 6. The molecule has 8 aromatic carbocycles. The number of thioether (sulfide) groups is 1. The van der Waals surface area contributed by atoms with Crippen LogP contribution in [0.15, 0.2) is 198 Å². The van der Waals surface area contributed by atoms with Crippen molar-refractivity contribution in [2.45, 2.75) is 131 Å². The first-order valence-corrected chi connectivity index (χ1v) is 38.7. The van der Waals surface area contributed by atoms with Crippen molar-refractivity contribution in [3.8, 4) is 17.1 Å². The monoisotopic (exact) mass is 1800 g/mol. The number of benzene rings is 8. The van der Waals surface area contributed by atoms with Gasteiger partial charge in [0.1, 0.15) is 11.6 Å². The first-order chi connectivity index (χ1) is 52.7. The molecule has 114 heavy (non-hydrogen) atoms. The SMILES string of the molecule is C.C.C.CCOC(=O)c1cccc(Br)c1F.CCOC(=O)c1cccc(SCc2ccc(OC)cc2)c1F.CCn1cc(-n2c(C3CC3)c(Sc3cccc(C(=O)O)c3F)c3ccc(Cl)c(F)c32)cn1.CCn1cc(-n2c(C3CC3)c(Sc3cccc(C(=O)[O-])c3F)c3ccc(Cl)c(F)c32)cn1.O=C(O)c1cccc(Br)c1F.[Na+]. The predicted octanol–water partition coefficient (Wildman–Crippen LogP) is 19.9. The summed E-state index contributed by atoms with van der Waals surface area (Å²) < 4.78 is 123. The van der Waals surface area contributed by atoms with Crippen LogP contribution in [0.1, 0.15) is 156 Å². The van der Waals surface area contributed by atoms with Gasteiger partial charge in [-0.25, -0.2) is 49.9 Å². The van der Waals surface area contributed by atoms with Gasteiger partial charge in [-0.3, -0.25) is 9.36 Å². The van der Waals surface area contributed by atoms with Crippen molar-refractivity contribution >= 4 is 142 Å². The third kappa shape index (κ3) is 22.0. The molecule has 2 saturated carbocycles. The van der Waals surface area contributed by atoms with Gasteiger partial charge in [-0.15, -0.1) is 11.8 Å². The Labute approximate surface area is 715 Å². The molecule has 14 rings (SSSR count). The van der Waals surface area contributed by atoms with E-state index in [0.717, 1.165) is 71.9 Å². The molecule has 0 radical (unpaired) electrons. The predicted molar refractivity (Wildman–Crippen MR) is 432 cm³/mol. The minimum atomic E-state index is -1.58. The maximum atomic E-state index is 15.4. The maximum Gasteiger partial charge on any atom is 1.00 e. The van der Waals surface area contributed by atoms with Crippen LogP contribution in [0.3, 0.4) is 0 Å². The van der Waals surface area contributed by atoms with Gasteiger partial charge >= 0.3 is 53.4 Å². The summed E-state index contributed by atoms with van der Waals surface area (Å²) in [6.45, 7) is 9.07. The number of methoxy groups -OCH3 is 1. The van der Waals surface area contributed by atoms with Crippen molar-refractivity contribution in [1.82, 2.24) is 28.7 Å². The molecule has 4 heterocycles. The number of halogens is 11. The van der Waals surface area contributed by atoms with Gasteiger partial charge in [-0.1, -0.05) is 118 Å². The van der Waals surface area contributed by atoms with E-state index in [1.807, 2.05) is 59.6 Å². The molecule has 0 saturated heterocycles. The van der Waals surface area contributed by atoms with Crippen LogP contribution in [0.2, 0.25) is 10.0 Å². The van der Waals surface area contributed by atoms with E-state index in [0.29, 0.717) is 66.7 Å². The van der Waals surface area contributed by atoms with Crippen LogP contribution in [0.25, 0.3) is 33.2 Å². The van der Waals surface area contributed by atoms with E-state index >= 15 is 8.78 Å². The normalized spacial score (nSPS) is 11.8. The molecule has 2 aliphatic rings. The molecule has 0 atom stereocenters. The zero-order chi connectivity index (χ0) is 79.4. The molecular formula is C82H76Br2Cl2F7N6NaO11S3. The van der Waals surface area contributed by atoms with E-state index in [9.17, 15) is 56.1 Å². The molecule has 32 heteroatoms. The summed E-state index contributed by atoms with van der Waals surface area (Å²) >= 11 is 21.7. The Morgan fingerprint density at radius 1 is 0.509 bits per heavy atom. The minimum Gasteiger partial charge on any atom is -0.545 e. The third-order valence-corrected chi connectivity index (χ3v) is 22.0. The van der Waals surface area contributed by atoms with Gasteiger partial charge < -0.3 is 43.5 Å². The Balaban J connectivity index is 0.000000232. The minimum absolute atomic E-state index is 0. The number of rotatable bonds is 21. The summed E-state index contributed by atoms with van der Waals surface area (Å²) in [4.78, 5) is 57.9. The van der Waals surface area contributed by atoms with Crippen LogP contribution in [0.5, 0.6) is 5.75 Å². The van der Waals surface area contributed by atoms with Gasteiger partial charge in [0.2, 0.25) is 0 Å². The van der Waals surface area contributed by atoms with E-state index in [4.69, 9.17) is 37.8 Å². The van der Waals surface area contributed by atoms with E-state index in [2.05, 4.69) is 46.8 Å². The molecule has 0 aliphatic heterocycles. The van der Waals surface area contributed by atoms with Gasteiger partial charge in [-0.05, 0) is 182 Å². The van der Waals surface area contributed by atoms with Gasteiger partial charge in [0.25, 0.3) is 0 Å². The molecule has 596 valence electrons. The fraction of sp³-hybridized carbons (Fsp3) is 0.232. The largest absolute Gasteiger partial charge is 1.00 e. The van der Waals surface area contributed by atoms with Crippen molar-refractivity contribution in [1.29, 1.82) is 0 Å². The van der Waals surface area contributed by atoms with Crippen molar-refractivity contribution in [2.24, 2.45) is 0 Å². The Kier molecular flexibility index (Phi) is 35.5. The summed E-state index contributed by atoms with van der Waals surface area (Å²) in [6, 6.07) is 35.8. The van der Waals surface area contributed by atoms with Crippen LogP contribution in [0.4, 0.5) is 30.7 Å². The van der Waals surface area contributed by atoms with Crippen molar-refractivity contribution in [3.05, 3.63) is 269 Å². The number of nitrogens with zero attached hydrogens (tertiary/aromatic N) is 6. The maximum absolute atomic E-state index is 15.4. The number of carbonyl (C=O) groups excluding carboxylic acids is 3. The third-order valence-electron chi connectivity index (χ3n) is 16.8. The van der Waals surface area contributed by atoms with Gasteiger partial charge in [0.15, 0.2) is 34.9 Å². The zero-order valence-electron chi connectivity index (χ0n) is 59.7. The van der Waals surface area contributed by atoms with Crippen LogP contribution >= 0.6 is 90.3 Å². The average molecular weight is 1800 g/mol. The number of carboxylic acids is 3. The number of fused-ring (bicyclic) bond motifs is 2. The molecule has 0 amide bonds. The molecular weight excluding hydrogens is 1730 g/mol. The molecule has 2 N–H and O–H groups in total. The summed E-state index contributed by atoms with van der Waals surface area (Å²) in [6.07, 6.45) is 10.7. The number of hydrogen-bond acceptors (Lipinski definition) is 14. The summed E-state index contributed by atoms with van der Waals surface area (Å²) in [5.74, 6) is -8.35. The van der Waals surface area contributed by atoms with Gasteiger partial charge in [-0.2, -0.15) is 10.2 Å². The molecule has 17 nitrogen and oxygen atoms in total. The van der Waals surface area contributed by atoms with E-state index in [1.54, 1.807) is 73.0 Å². The number of carboxylic acid groups (broad SMARTS) is 3. The first-order valence-electron chi connectivity index (χ1n) is 33.7. The fourth-order valence-electron chi connectivity index (χ4n) is 11.2. The van der Waals surface area contributed by atoms with Crippen LogP contribution < -0.4 is 39.4 Å². The Hall–Kier alpha value is -8.49. The molecule has 0 bridgehead atoms. The number of esters is 2. The van der Waals surface area contributed by atoms with Crippen LogP contribution in [0, 0.1) is 40.7 Å².